The number of amides is 1. The normalized spacial score (nSPS) is 21.3. The van der Waals surface area contributed by atoms with E-state index in [1.165, 1.54) is 17.7 Å². The Morgan fingerprint density at radius 1 is 1.19 bits per heavy atom. The molecule has 174 valence electrons. The third-order valence-electron chi connectivity index (χ3n) is 5.90. The fraction of sp³-hybridized carbons (Fsp3) is 0.625. The van der Waals surface area contributed by atoms with Crippen molar-refractivity contribution in [2.45, 2.75) is 89.7 Å². The lowest BCUT2D eigenvalue weighted by atomic mass is 9.88. The maximum atomic E-state index is 12.7. The molecule has 1 aromatic carbocycles. The van der Waals surface area contributed by atoms with Crippen molar-refractivity contribution in [2.75, 3.05) is 13.2 Å². The Bertz CT molecular complexity index is 858. The summed E-state index contributed by atoms with van der Waals surface area (Å²) in [6.07, 6.45) is 6.73. The van der Waals surface area contributed by atoms with Crippen molar-refractivity contribution in [1.82, 2.24) is 4.90 Å². The molecule has 0 N–H and O–H groups in total. The number of aryl methyl sites for hydroxylation is 1. The maximum Gasteiger partial charge on any atom is 0.410 e. The standard InChI is InChI=1S/C24H37NO5S/c1-6-7-8-9-17-25-23(26)30-22(24(25,5)16-10-11-19(2)3)18-29-31(27,28)21-14-12-20(4)13-15-21/h11-15,22H,6-10,16-18H2,1-5H3. The number of ether oxygens (including phenoxy) is 1. The van der Waals surface area contributed by atoms with Gasteiger partial charge in [0, 0.05) is 6.54 Å². The number of nitrogens with zero attached hydrogens (tertiary/aromatic N) is 1. The Morgan fingerprint density at radius 3 is 2.48 bits per heavy atom. The van der Waals surface area contributed by atoms with Crippen LogP contribution in [0.15, 0.2) is 40.8 Å². The van der Waals surface area contributed by atoms with E-state index in [4.69, 9.17) is 8.92 Å². The molecule has 6 nitrogen and oxygen atoms in total. The molecule has 31 heavy (non-hydrogen) atoms. The van der Waals surface area contributed by atoms with Crippen molar-refractivity contribution in [1.29, 1.82) is 0 Å². The first-order valence-electron chi connectivity index (χ1n) is 11.2. The van der Waals surface area contributed by atoms with Gasteiger partial charge in [-0.3, -0.25) is 9.08 Å². The highest BCUT2D eigenvalue weighted by Gasteiger charge is 2.51. The predicted octanol–water partition coefficient (Wildman–Crippen LogP) is 5.61. The minimum absolute atomic E-state index is 0.102. The Labute approximate surface area is 187 Å². The highest BCUT2D eigenvalue weighted by Crippen LogP contribution is 2.36. The van der Waals surface area contributed by atoms with Crippen LogP contribution in [0, 0.1) is 6.92 Å². The van der Waals surface area contributed by atoms with Crippen molar-refractivity contribution >= 4 is 16.2 Å². The molecule has 1 fully saturated rings. The van der Waals surface area contributed by atoms with Crippen LogP contribution >= 0.6 is 0 Å². The van der Waals surface area contributed by atoms with Crippen LogP contribution in [0.1, 0.15) is 71.8 Å². The maximum absolute atomic E-state index is 12.7. The van der Waals surface area contributed by atoms with Crippen LogP contribution in [0.2, 0.25) is 0 Å². The molecule has 1 heterocycles. The summed E-state index contributed by atoms with van der Waals surface area (Å²) in [4.78, 5) is 14.6. The average molecular weight is 452 g/mol. The van der Waals surface area contributed by atoms with Crippen LogP contribution in [-0.2, 0) is 19.0 Å². The first-order valence-corrected chi connectivity index (χ1v) is 12.6. The Balaban J connectivity index is 2.15. The molecule has 1 saturated heterocycles. The van der Waals surface area contributed by atoms with Gasteiger partial charge >= 0.3 is 6.09 Å². The highest BCUT2D eigenvalue weighted by atomic mass is 32.2. The van der Waals surface area contributed by atoms with Gasteiger partial charge in [0.05, 0.1) is 10.4 Å². The van der Waals surface area contributed by atoms with Gasteiger partial charge in [0.2, 0.25) is 0 Å². The topological polar surface area (TPSA) is 72.9 Å². The van der Waals surface area contributed by atoms with Gasteiger partial charge in [0.1, 0.15) is 6.61 Å². The molecule has 0 bridgehead atoms. The highest BCUT2D eigenvalue weighted by molar-refractivity contribution is 7.86. The number of carbonyl (C=O) groups is 1. The summed E-state index contributed by atoms with van der Waals surface area (Å²) in [5, 5.41) is 0. The zero-order valence-electron chi connectivity index (χ0n) is 19.5. The second kappa shape index (κ2) is 11.1. The zero-order valence-corrected chi connectivity index (χ0v) is 20.3. The summed E-state index contributed by atoms with van der Waals surface area (Å²) in [5.74, 6) is 0. The molecule has 0 radical (unpaired) electrons. The summed E-state index contributed by atoms with van der Waals surface area (Å²) < 4.78 is 36.3. The van der Waals surface area contributed by atoms with Crippen LogP contribution in [0.3, 0.4) is 0 Å². The van der Waals surface area contributed by atoms with E-state index in [1.54, 1.807) is 17.0 Å². The molecule has 0 aliphatic carbocycles. The summed E-state index contributed by atoms with van der Waals surface area (Å²) >= 11 is 0. The second-order valence-electron chi connectivity index (χ2n) is 8.81. The van der Waals surface area contributed by atoms with Gasteiger partial charge in [-0.15, -0.1) is 0 Å². The lowest BCUT2D eigenvalue weighted by molar-refractivity contribution is 0.0583. The van der Waals surface area contributed by atoms with Crippen LogP contribution in [0.25, 0.3) is 0 Å². The van der Waals surface area contributed by atoms with Crippen LogP contribution in [0.5, 0.6) is 0 Å². The number of hydrogen-bond acceptors (Lipinski definition) is 5. The summed E-state index contributed by atoms with van der Waals surface area (Å²) in [6.45, 7) is 10.5. The third-order valence-corrected chi connectivity index (χ3v) is 7.19. The lowest BCUT2D eigenvalue weighted by Gasteiger charge is -2.35. The van der Waals surface area contributed by atoms with Gasteiger partial charge in [0.15, 0.2) is 6.10 Å². The SMILES string of the molecule is CCCCCCN1C(=O)OC(COS(=O)(=O)c2ccc(C)cc2)C1(C)CCC=C(C)C. The molecule has 0 spiro atoms. The number of rotatable bonds is 12. The number of hydrogen-bond donors (Lipinski definition) is 0. The molecule has 1 aliphatic rings. The zero-order chi connectivity index (χ0) is 23.1. The molecular weight excluding hydrogens is 414 g/mol. The first kappa shape index (κ1) is 25.4. The van der Waals surface area contributed by atoms with Gasteiger partial charge < -0.3 is 4.74 Å². The summed E-state index contributed by atoms with van der Waals surface area (Å²) in [5.41, 5.74) is 1.55. The van der Waals surface area contributed by atoms with E-state index in [2.05, 4.69) is 13.0 Å². The smallest absolute Gasteiger partial charge is 0.410 e. The number of carbonyl (C=O) groups excluding carboxylic acids is 1. The van der Waals surface area contributed by atoms with Crippen molar-refractivity contribution in [2.24, 2.45) is 0 Å². The van der Waals surface area contributed by atoms with Gasteiger partial charge in [0.25, 0.3) is 10.1 Å². The lowest BCUT2D eigenvalue weighted by Crippen LogP contribution is -2.50. The molecule has 2 atom stereocenters. The van der Waals surface area contributed by atoms with E-state index in [1.807, 2.05) is 27.7 Å². The van der Waals surface area contributed by atoms with Gasteiger partial charge in [-0.05, 0) is 59.1 Å². The van der Waals surface area contributed by atoms with Gasteiger partial charge in [-0.25, -0.2) is 4.79 Å². The van der Waals surface area contributed by atoms with Gasteiger partial charge in [-0.2, -0.15) is 8.42 Å². The van der Waals surface area contributed by atoms with Crippen molar-refractivity contribution in [3.8, 4) is 0 Å². The van der Waals surface area contributed by atoms with Crippen LogP contribution < -0.4 is 0 Å². The third kappa shape index (κ3) is 6.81. The summed E-state index contributed by atoms with van der Waals surface area (Å²) in [6, 6.07) is 6.51. The van der Waals surface area contributed by atoms with Crippen molar-refractivity contribution < 1.29 is 22.1 Å². The molecule has 0 aromatic heterocycles. The number of unbranched alkanes of at least 4 members (excludes halogenated alkanes) is 3. The van der Waals surface area contributed by atoms with E-state index in [9.17, 15) is 13.2 Å². The quantitative estimate of drug-likeness (QED) is 0.235. The Morgan fingerprint density at radius 2 is 1.87 bits per heavy atom. The average Bonchev–Trinajstić information content (AvgIpc) is 2.93. The van der Waals surface area contributed by atoms with Crippen molar-refractivity contribution in [3.05, 3.63) is 41.5 Å². The van der Waals surface area contributed by atoms with E-state index in [0.29, 0.717) is 13.0 Å². The van der Waals surface area contributed by atoms with E-state index < -0.39 is 27.9 Å². The van der Waals surface area contributed by atoms with E-state index >= 15 is 0 Å². The minimum Gasteiger partial charge on any atom is -0.441 e. The van der Waals surface area contributed by atoms with Gasteiger partial charge in [-0.1, -0.05) is 55.5 Å². The first-order chi connectivity index (χ1) is 14.6. The molecule has 2 unspecified atom stereocenters. The fourth-order valence-corrected chi connectivity index (χ4v) is 4.73. The fourth-order valence-electron chi connectivity index (χ4n) is 3.82. The second-order valence-corrected chi connectivity index (χ2v) is 10.4. The van der Waals surface area contributed by atoms with E-state index in [0.717, 1.165) is 37.7 Å². The molecule has 7 heteroatoms. The van der Waals surface area contributed by atoms with Crippen LogP contribution in [0.4, 0.5) is 4.79 Å². The number of benzene rings is 1. The molecule has 0 saturated carbocycles. The molecule has 1 amide bonds. The largest absolute Gasteiger partial charge is 0.441 e. The predicted molar refractivity (Wildman–Crippen MR) is 123 cm³/mol. The Kier molecular flexibility index (Phi) is 9.13. The molecule has 1 aromatic rings. The van der Waals surface area contributed by atoms with Crippen molar-refractivity contribution in [3.63, 3.8) is 0 Å². The monoisotopic (exact) mass is 451 g/mol. The number of allylic oxidation sites excluding steroid dienone is 2. The summed E-state index contributed by atoms with van der Waals surface area (Å²) in [7, 11) is -3.93. The molecule has 1 aliphatic heterocycles. The Hall–Kier alpha value is -1.86. The minimum atomic E-state index is -3.93. The van der Waals surface area contributed by atoms with E-state index in [-0.39, 0.29) is 11.5 Å². The van der Waals surface area contributed by atoms with Crippen LogP contribution in [-0.4, -0.2) is 44.2 Å². The number of cyclic esters (lactones) is 1. The molecular formula is C24H37NO5S. The molecule has 2 rings (SSSR count).